The molecule has 0 heterocycles. The Hall–Kier alpha value is -0.280. The van der Waals surface area contributed by atoms with Crippen molar-refractivity contribution in [1.29, 1.82) is 0 Å². The van der Waals surface area contributed by atoms with Crippen LogP contribution in [-0.4, -0.2) is 23.7 Å². The molecule has 0 aliphatic rings. The van der Waals surface area contributed by atoms with E-state index in [1.54, 1.807) is 12.1 Å². The normalized spacial score (nSPS) is 12.8. The number of halogens is 2. The number of alkyl halides is 1. The van der Waals surface area contributed by atoms with Crippen LogP contribution in [0.25, 0.3) is 0 Å². The van der Waals surface area contributed by atoms with E-state index in [-0.39, 0.29) is 12.5 Å². The molecule has 2 nitrogen and oxygen atoms in total. The molecule has 1 N–H and O–H groups in total. The maximum absolute atomic E-state index is 9.10. The number of ether oxygens (including phenoxy) is 1. The molecule has 0 fully saturated rings. The molecular formula is C10H12Cl2O2. The van der Waals surface area contributed by atoms with Crippen molar-refractivity contribution < 1.29 is 9.84 Å². The molecule has 0 amide bonds. The van der Waals surface area contributed by atoms with E-state index >= 15 is 0 Å². The lowest BCUT2D eigenvalue weighted by atomic mass is 10.2. The molecule has 0 aliphatic carbocycles. The van der Waals surface area contributed by atoms with Crippen molar-refractivity contribution in [3.05, 3.63) is 34.9 Å². The molecule has 1 atom stereocenters. The van der Waals surface area contributed by atoms with Crippen LogP contribution in [0.3, 0.4) is 0 Å². The first-order valence-corrected chi connectivity index (χ1v) is 5.20. The predicted molar refractivity (Wildman–Crippen MR) is 57.8 cm³/mol. The first-order valence-electron chi connectivity index (χ1n) is 4.28. The van der Waals surface area contributed by atoms with Crippen LogP contribution in [0, 0.1) is 0 Å². The molecule has 0 saturated heterocycles. The Kier molecular flexibility index (Phi) is 5.26. The van der Waals surface area contributed by atoms with Crippen molar-refractivity contribution in [2.24, 2.45) is 0 Å². The van der Waals surface area contributed by atoms with Crippen LogP contribution in [0.5, 0.6) is 0 Å². The average molecular weight is 235 g/mol. The summed E-state index contributed by atoms with van der Waals surface area (Å²) in [6.45, 7) is 0.719. The lowest BCUT2D eigenvalue weighted by Gasteiger charge is -2.07. The highest BCUT2D eigenvalue weighted by Crippen LogP contribution is 2.10. The summed E-state index contributed by atoms with van der Waals surface area (Å²) >= 11 is 11.1. The third-order valence-corrected chi connectivity index (χ3v) is 2.28. The van der Waals surface area contributed by atoms with Crippen LogP contribution in [0.2, 0.25) is 5.02 Å². The van der Waals surface area contributed by atoms with Crippen molar-refractivity contribution in [2.75, 3.05) is 12.5 Å². The SMILES string of the molecule is O[C@@H](CCl)COCc1ccc(Cl)cc1. The minimum Gasteiger partial charge on any atom is -0.389 e. The standard InChI is InChI=1S/C10H12Cl2O2/c11-5-10(13)7-14-6-8-1-3-9(12)4-2-8/h1-4,10,13H,5-7H2/t10-/m0/s1. The van der Waals surface area contributed by atoms with Crippen molar-refractivity contribution in [2.45, 2.75) is 12.7 Å². The summed E-state index contributed by atoms with van der Waals surface area (Å²) in [7, 11) is 0. The van der Waals surface area contributed by atoms with Gasteiger partial charge in [-0.2, -0.15) is 0 Å². The maximum Gasteiger partial charge on any atom is 0.0908 e. The number of rotatable bonds is 5. The third-order valence-electron chi connectivity index (χ3n) is 1.67. The van der Waals surface area contributed by atoms with Gasteiger partial charge in [-0.05, 0) is 17.7 Å². The van der Waals surface area contributed by atoms with Gasteiger partial charge in [-0.1, -0.05) is 23.7 Å². The largest absolute Gasteiger partial charge is 0.389 e. The van der Waals surface area contributed by atoms with Gasteiger partial charge >= 0.3 is 0 Å². The van der Waals surface area contributed by atoms with E-state index in [4.69, 9.17) is 33.0 Å². The zero-order valence-corrected chi connectivity index (χ0v) is 9.13. The van der Waals surface area contributed by atoms with Gasteiger partial charge in [-0.25, -0.2) is 0 Å². The van der Waals surface area contributed by atoms with Gasteiger partial charge in [0.25, 0.3) is 0 Å². The second kappa shape index (κ2) is 6.25. The first kappa shape index (κ1) is 11.8. The highest BCUT2D eigenvalue weighted by atomic mass is 35.5. The Morgan fingerprint density at radius 3 is 2.50 bits per heavy atom. The third kappa shape index (κ3) is 4.29. The summed E-state index contributed by atoms with van der Waals surface area (Å²) in [6, 6.07) is 7.38. The van der Waals surface area contributed by atoms with E-state index in [1.807, 2.05) is 12.1 Å². The van der Waals surface area contributed by atoms with E-state index in [9.17, 15) is 0 Å². The van der Waals surface area contributed by atoms with E-state index in [1.165, 1.54) is 0 Å². The molecule has 0 aliphatic heterocycles. The number of aliphatic hydroxyl groups is 1. The molecular weight excluding hydrogens is 223 g/mol. The molecule has 0 unspecified atom stereocenters. The fourth-order valence-corrected chi connectivity index (χ4v) is 1.15. The van der Waals surface area contributed by atoms with Gasteiger partial charge in [0.15, 0.2) is 0 Å². The van der Waals surface area contributed by atoms with Crippen LogP contribution in [-0.2, 0) is 11.3 Å². The zero-order valence-electron chi connectivity index (χ0n) is 7.62. The van der Waals surface area contributed by atoms with Crippen molar-refractivity contribution in [3.63, 3.8) is 0 Å². The Balaban J connectivity index is 2.28. The van der Waals surface area contributed by atoms with Crippen molar-refractivity contribution in [1.82, 2.24) is 0 Å². The highest BCUT2D eigenvalue weighted by molar-refractivity contribution is 6.30. The van der Waals surface area contributed by atoms with Crippen LogP contribution < -0.4 is 0 Å². The van der Waals surface area contributed by atoms with E-state index in [0.29, 0.717) is 11.6 Å². The summed E-state index contributed by atoms with van der Waals surface area (Å²) in [5.74, 6) is 0.195. The number of hydrogen-bond donors (Lipinski definition) is 1. The minimum atomic E-state index is -0.594. The lowest BCUT2D eigenvalue weighted by molar-refractivity contribution is 0.0392. The summed E-state index contributed by atoms with van der Waals surface area (Å²) in [5.41, 5.74) is 1.02. The molecule has 1 aromatic carbocycles. The second-order valence-corrected chi connectivity index (χ2v) is 3.69. The van der Waals surface area contributed by atoms with Gasteiger partial charge in [0.05, 0.1) is 25.2 Å². The second-order valence-electron chi connectivity index (χ2n) is 2.95. The van der Waals surface area contributed by atoms with Gasteiger partial charge in [0.2, 0.25) is 0 Å². The van der Waals surface area contributed by atoms with Crippen molar-refractivity contribution >= 4 is 23.2 Å². The van der Waals surface area contributed by atoms with Crippen LogP contribution >= 0.6 is 23.2 Å². The molecule has 0 bridgehead atoms. The zero-order chi connectivity index (χ0) is 10.4. The van der Waals surface area contributed by atoms with E-state index < -0.39 is 6.10 Å². The van der Waals surface area contributed by atoms with Gasteiger partial charge in [0, 0.05) is 5.02 Å². The molecule has 1 rings (SSSR count). The first-order chi connectivity index (χ1) is 6.72. The highest BCUT2D eigenvalue weighted by Gasteiger charge is 2.01. The molecule has 0 saturated carbocycles. The summed E-state index contributed by atoms with van der Waals surface area (Å²) < 4.78 is 5.23. The van der Waals surface area contributed by atoms with Gasteiger partial charge in [-0.3, -0.25) is 0 Å². The monoisotopic (exact) mass is 234 g/mol. The summed E-state index contributed by atoms with van der Waals surface area (Å²) in [5, 5.41) is 9.81. The summed E-state index contributed by atoms with van der Waals surface area (Å²) in [6.07, 6.45) is -0.594. The molecule has 1 aromatic rings. The van der Waals surface area contributed by atoms with Crippen LogP contribution in [0.4, 0.5) is 0 Å². The van der Waals surface area contributed by atoms with Crippen LogP contribution in [0.1, 0.15) is 5.56 Å². The minimum absolute atomic E-state index is 0.195. The van der Waals surface area contributed by atoms with Crippen molar-refractivity contribution in [3.8, 4) is 0 Å². The topological polar surface area (TPSA) is 29.5 Å². The van der Waals surface area contributed by atoms with Gasteiger partial charge in [0.1, 0.15) is 0 Å². The molecule has 0 spiro atoms. The summed E-state index contributed by atoms with van der Waals surface area (Å²) in [4.78, 5) is 0. The Morgan fingerprint density at radius 1 is 1.29 bits per heavy atom. The molecule has 0 aromatic heterocycles. The maximum atomic E-state index is 9.10. The number of aliphatic hydroxyl groups excluding tert-OH is 1. The molecule has 4 heteroatoms. The number of hydrogen-bond acceptors (Lipinski definition) is 2. The Labute approximate surface area is 93.4 Å². The van der Waals surface area contributed by atoms with Gasteiger partial charge in [-0.15, -0.1) is 11.6 Å². The molecule has 78 valence electrons. The molecule has 14 heavy (non-hydrogen) atoms. The van der Waals surface area contributed by atoms with Gasteiger partial charge < -0.3 is 9.84 Å². The van der Waals surface area contributed by atoms with E-state index in [0.717, 1.165) is 5.56 Å². The smallest absolute Gasteiger partial charge is 0.0908 e. The fourth-order valence-electron chi connectivity index (χ4n) is 0.938. The number of benzene rings is 1. The fraction of sp³-hybridized carbons (Fsp3) is 0.400. The Morgan fingerprint density at radius 2 is 1.93 bits per heavy atom. The average Bonchev–Trinajstić information content (AvgIpc) is 2.21. The Bertz CT molecular complexity index is 261. The van der Waals surface area contributed by atoms with Crippen LogP contribution in [0.15, 0.2) is 24.3 Å². The molecule has 0 radical (unpaired) electrons. The van der Waals surface area contributed by atoms with E-state index in [2.05, 4.69) is 0 Å². The predicted octanol–water partition coefficient (Wildman–Crippen LogP) is 2.46. The lowest BCUT2D eigenvalue weighted by Crippen LogP contribution is -2.16. The quantitative estimate of drug-likeness (QED) is 0.794.